The normalized spacial score (nSPS) is 29.9. The number of aromatic nitrogens is 6. The second kappa shape index (κ2) is 7.19. The Labute approximate surface area is 185 Å². The number of hydrogen-bond acceptors (Lipinski definition) is 8. The number of rotatable bonds is 4. The third kappa shape index (κ3) is 3.21. The summed E-state index contributed by atoms with van der Waals surface area (Å²) in [6.07, 6.45) is 0.668. The quantitative estimate of drug-likeness (QED) is 0.662. The summed E-state index contributed by atoms with van der Waals surface area (Å²) in [5.74, 6) is 0.819. The maximum absolute atomic E-state index is 15.3. The molecule has 2 aliphatic heterocycles. The second-order valence-electron chi connectivity index (χ2n) is 9.26. The van der Waals surface area contributed by atoms with Crippen molar-refractivity contribution in [2.45, 2.75) is 63.4 Å². The molecule has 4 atom stereocenters. The maximum atomic E-state index is 15.3. The van der Waals surface area contributed by atoms with E-state index in [1.54, 1.807) is 31.2 Å². The van der Waals surface area contributed by atoms with Crippen LogP contribution in [-0.2, 0) is 0 Å². The standard InChI is InChI=1S/C22H26FN7O2/c1-13-24-28-30(27-13)14-5-6-15(17(31)11-14)16-7-8-19(26-25-16)32-18-12-21(2)9-10-22(3,20(18)23)29(21)4/h5-8,11,18,20,31H,9-10,12H2,1-4H3/t18-,20+,21-,22+/m1/s1. The molecule has 1 N–H and O–H groups in total. The number of nitrogens with zero attached hydrogens (tertiary/aromatic N) is 7. The van der Waals surface area contributed by atoms with Crippen molar-refractivity contribution in [1.29, 1.82) is 0 Å². The number of phenolic OH excluding ortho intramolecular Hbond substituents is 1. The summed E-state index contributed by atoms with van der Waals surface area (Å²) < 4.78 is 21.3. The summed E-state index contributed by atoms with van der Waals surface area (Å²) in [5.41, 5.74) is 0.942. The molecule has 9 nitrogen and oxygen atoms in total. The van der Waals surface area contributed by atoms with Gasteiger partial charge in [-0.25, -0.2) is 4.39 Å². The predicted molar refractivity (Wildman–Crippen MR) is 114 cm³/mol. The summed E-state index contributed by atoms with van der Waals surface area (Å²) in [4.78, 5) is 3.51. The first-order valence-corrected chi connectivity index (χ1v) is 10.7. The third-order valence-electron chi connectivity index (χ3n) is 7.22. The Kier molecular flexibility index (Phi) is 4.66. The molecule has 0 aliphatic carbocycles. The van der Waals surface area contributed by atoms with Gasteiger partial charge in [0.15, 0.2) is 12.0 Å². The van der Waals surface area contributed by atoms with E-state index in [1.807, 2.05) is 14.0 Å². The Balaban J connectivity index is 1.34. The highest BCUT2D eigenvalue weighted by Gasteiger charge is 2.60. The average Bonchev–Trinajstić information content (AvgIpc) is 3.28. The first kappa shape index (κ1) is 20.7. The molecule has 2 saturated heterocycles. The molecule has 4 heterocycles. The summed E-state index contributed by atoms with van der Waals surface area (Å²) in [6.45, 7) is 5.87. The van der Waals surface area contributed by atoms with Crippen LogP contribution in [0.25, 0.3) is 16.9 Å². The van der Waals surface area contributed by atoms with E-state index in [-0.39, 0.29) is 17.2 Å². The number of halogens is 1. The molecular weight excluding hydrogens is 413 g/mol. The lowest BCUT2D eigenvalue weighted by molar-refractivity contribution is -0.0887. The highest BCUT2D eigenvalue weighted by molar-refractivity contribution is 5.68. The van der Waals surface area contributed by atoms with Gasteiger partial charge in [0.2, 0.25) is 5.88 Å². The highest BCUT2D eigenvalue weighted by Crippen LogP contribution is 2.51. The van der Waals surface area contributed by atoms with Crippen LogP contribution in [0.4, 0.5) is 4.39 Å². The average molecular weight is 439 g/mol. The van der Waals surface area contributed by atoms with Crippen molar-refractivity contribution in [2.24, 2.45) is 0 Å². The smallest absolute Gasteiger partial charge is 0.233 e. The van der Waals surface area contributed by atoms with E-state index in [9.17, 15) is 5.11 Å². The molecule has 0 amide bonds. The Morgan fingerprint density at radius 1 is 1.12 bits per heavy atom. The lowest BCUT2D eigenvalue weighted by atomic mass is 9.82. The fourth-order valence-corrected chi connectivity index (χ4v) is 5.01. The Bertz CT molecular complexity index is 1150. The maximum Gasteiger partial charge on any atom is 0.233 e. The number of benzene rings is 1. The number of aryl methyl sites for hydroxylation is 1. The molecule has 10 heteroatoms. The minimum absolute atomic E-state index is 0.0111. The number of fused-ring (bicyclic) bond motifs is 2. The number of tetrazole rings is 1. The van der Waals surface area contributed by atoms with Crippen molar-refractivity contribution < 1.29 is 14.2 Å². The predicted octanol–water partition coefficient (Wildman–Crippen LogP) is 2.87. The SMILES string of the molecule is Cc1nnn(-c2ccc(-c3ccc(O[C@@H]4C[C@@]5(C)CC[C@@](C)([C@H]4F)N5C)nn3)c(O)c2)n1. The van der Waals surface area contributed by atoms with E-state index in [1.165, 1.54) is 10.9 Å². The molecule has 0 unspecified atom stereocenters. The minimum Gasteiger partial charge on any atom is -0.507 e. The molecule has 3 aromatic rings. The molecule has 2 bridgehead atoms. The van der Waals surface area contributed by atoms with Gasteiger partial charge in [-0.1, -0.05) is 0 Å². The van der Waals surface area contributed by atoms with Crippen LogP contribution < -0.4 is 4.74 Å². The fraction of sp³-hybridized carbons (Fsp3) is 0.500. The number of phenols is 1. The molecule has 1 aromatic carbocycles. The Morgan fingerprint density at radius 3 is 2.59 bits per heavy atom. The molecule has 2 fully saturated rings. The Hall–Kier alpha value is -3.14. The summed E-state index contributed by atoms with van der Waals surface area (Å²) >= 11 is 0. The first-order chi connectivity index (χ1) is 15.2. The van der Waals surface area contributed by atoms with Gasteiger partial charge in [-0.3, -0.25) is 4.90 Å². The summed E-state index contributed by atoms with van der Waals surface area (Å²) in [7, 11) is 2.00. The molecular formula is C22H26FN7O2. The van der Waals surface area contributed by atoms with Crippen molar-refractivity contribution in [3.63, 3.8) is 0 Å². The lowest BCUT2D eigenvalue weighted by Crippen LogP contribution is -2.64. The summed E-state index contributed by atoms with van der Waals surface area (Å²) in [6, 6.07) is 8.37. The Morgan fingerprint density at radius 2 is 1.94 bits per heavy atom. The van der Waals surface area contributed by atoms with Gasteiger partial charge >= 0.3 is 0 Å². The van der Waals surface area contributed by atoms with Gasteiger partial charge in [-0.15, -0.1) is 25.2 Å². The molecule has 2 aliphatic rings. The minimum atomic E-state index is -1.12. The van der Waals surface area contributed by atoms with Crippen LogP contribution in [0.15, 0.2) is 30.3 Å². The van der Waals surface area contributed by atoms with Crippen LogP contribution in [0.3, 0.4) is 0 Å². The molecule has 32 heavy (non-hydrogen) atoms. The van der Waals surface area contributed by atoms with Crippen molar-refractivity contribution in [3.05, 3.63) is 36.2 Å². The lowest BCUT2D eigenvalue weighted by Gasteiger charge is -2.50. The van der Waals surface area contributed by atoms with Crippen LogP contribution in [0.2, 0.25) is 0 Å². The zero-order valence-electron chi connectivity index (χ0n) is 18.5. The topological polar surface area (TPSA) is 102 Å². The number of piperidine rings is 1. The summed E-state index contributed by atoms with van der Waals surface area (Å²) in [5, 5.41) is 30.7. The molecule has 2 aromatic heterocycles. The van der Waals surface area contributed by atoms with Crippen molar-refractivity contribution >= 4 is 0 Å². The van der Waals surface area contributed by atoms with Gasteiger partial charge in [0.05, 0.1) is 16.9 Å². The largest absolute Gasteiger partial charge is 0.507 e. The van der Waals surface area contributed by atoms with Crippen LogP contribution in [0, 0.1) is 6.92 Å². The highest BCUT2D eigenvalue weighted by atomic mass is 19.1. The van der Waals surface area contributed by atoms with Gasteiger partial charge in [0, 0.05) is 29.7 Å². The molecule has 0 radical (unpaired) electrons. The van der Waals surface area contributed by atoms with Crippen LogP contribution in [0.5, 0.6) is 11.6 Å². The second-order valence-corrected chi connectivity index (χ2v) is 9.26. The zero-order valence-corrected chi connectivity index (χ0v) is 18.5. The zero-order chi connectivity index (χ0) is 22.7. The number of alkyl halides is 1. The molecule has 168 valence electrons. The number of aromatic hydroxyl groups is 1. The van der Waals surface area contributed by atoms with Crippen molar-refractivity contribution in [3.8, 4) is 28.6 Å². The van der Waals surface area contributed by atoms with E-state index in [0.29, 0.717) is 29.2 Å². The van der Waals surface area contributed by atoms with E-state index in [0.717, 1.165) is 12.8 Å². The van der Waals surface area contributed by atoms with Crippen LogP contribution >= 0.6 is 0 Å². The molecule has 5 rings (SSSR count). The third-order valence-corrected chi connectivity index (χ3v) is 7.22. The van der Waals surface area contributed by atoms with Gasteiger partial charge in [0.1, 0.15) is 11.9 Å². The van der Waals surface area contributed by atoms with Gasteiger partial charge in [0.25, 0.3) is 0 Å². The van der Waals surface area contributed by atoms with E-state index >= 15 is 4.39 Å². The first-order valence-electron chi connectivity index (χ1n) is 10.7. The van der Waals surface area contributed by atoms with Gasteiger partial charge in [-0.05, 0) is 64.1 Å². The van der Waals surface area contributed by atoms with Crippen LogP contribution in [-0.4, -0.2) is 70.8 Å². The fourth-order valence-electron chi connectivity index (χ4n) is 5.01. The number of hydrogen-bond donors (Lipinski definition) is 1. The monoisotopic (exact) mass is 439 g/mol. The van der Waals surface area contributed by atoms with Crippen molar-refractivity contribution in [1.82, 2.24) is 35.3 Å². The molecule has 0 spiro atoms. The number of ether oxygens (including phenoxy) is 1. The van der Waals surface area contributed by atoms with Crippen molar-refractivity contribution in [2.75, 3.05) is 7.05 Å². The van der Waals surface area contributed by atoms with Gasteiger partial charge in [-0.2, -0.15) is 0 Å². The van der Waals surface area contributed by atoms with E-state index in [4.69, 9.17) is 4.74 Å². The van der Waals surface area contributed by atoms with Crippen LogP contribution in [0.1, 0.15) is 38.9 Å². The van der Waals surface area contributed by atoms with E-state index < -0.39 is 17.8 Å². The molecule has 0 saturated carbocycles. The van der Waals surface area contributed by atoms with E-state index in [2.05, 4.69) is 37.4 Å². The van der Waals surface area contributed by atoms with Gasteiger partial charge < -0.3 is 9.84 Å².